The summed E-state index contributed by atoms with van der Waals surface area (Å²) in [6.07, 6.45) is 0.588. The molecule has 2 N–H and O–H groups in total. The summed E-state index contributed by atoms with van der Waals surface area (Å²) >= 11 is 0. The van der Waals surface area contributed by atoms with Gasteiger partial charge >= 0.3 is 5.97 Å². The lowest BCUT2D eigenvalue weighted by Crippen LogP contribution is -2.49. The number of aliphatic carboxylic acids is 1. The number of rotatable bonds is 6. The average molecular weight is 249 g/mol. The Kier molecular flexibility index (Phi) is 4.91. The maximum Gasteiger partial charge on any atom is 0.320 e. The van der Waals surface area contributed by atoms with Crippen molar-refractivity contribution < 1.29 is 9.90 Å². The van der Waals surface area contributed by atoms with Crippen LogP contribution in [-0.2, 0) is 10.2 Å². The van der Waals surface area contributed by atoms with Crippen LogP contribution in [0.3, 0.4) is 0 Å². The zero-order valence-electron chi connectivity index (χ0n) is 11.6. The molecule has 0 aromatic heterocycles. The summed E-state index contributed by atoms with van der Waals surface area (Å²) in [5.41, 5.74) is 1.11. The summed E-state index contributed by atoms with van der Waals surface area (Å²) < 4.78 is 0. The summed E-state index contributed by atoms with van der Waals surface area (Å²) in [6, 6.07) is 9.78. The molecule has 0 fully saturated rings. The summed E-state index contributed by atoms with van der Waals surface area (Å²) in [4.78, 5) is 11.1. The van der Waals surface area contributed by atoms with E-state index in [2.05, 4.69) is 31.3 Å². The van der Waals surface area contributed by atoms with Crippen LogP contribution in [0.2, 0.25) is 0 Å². The van der Waals surface area contributed by atoms with Crippen LogP contribution >= 0.6 is 0 Å². The minimum atomic E-state index is -0.784. The van der Waals surface area contributed by atoms with Crippen molar-refractivity contribution in [2.24, 2.45) is 0 Å². The van der Waals surface area contributed by atoms with Crippen LogP contribution in [0.15, 0.2) is 30.3 Å². The first-order chi connectivity index (χ1) is 8.39. The Balaban J connectivity index is 2.82. The van der Waals surface area contributed by atoms with E-state index in [4.69, 9.17) is 5.11 Å². The molecule has 1 aromatic rings. The molecule has 0 aliphatic heterocycles. The molecule has 2 unspecified atom stereocenters. The topological polar surface area (TPSA) is 49.3 Å². The molecule has 0 saturated heterocycles. The number of hydrogen-bond donors (Lipinski definition) is 2. The Morgan fingerprint density at radius 2 is 1.89 bits per heavy atom. The molecule has 0 radical (unpaired) electrons. The van der Waals surface area contributed by atoms with Crippen LogP contribution < -0.4 is 5.32 Å². The summed E-state index contributed by atoms with van der Waals surface area (Å²) in [7, 11) is 0. The van der Waals surface area contributed by atoms with Crippen molar-refractivity contribution in [2.75, 3.05) is 0 Å². The van der Waals surface area contributed by atoms with Gasteiger partial charge in [-0.15, -0.1) is 0 Å². The van der Waals surface area contributed by atoms with Gasteiger partial charge in [0.15, 0.2) is 0 Å². The first-order valence-corrected chi connectivity index (χ1v) is 6.44. The van der Waals surface area contributed by atoms with Crippen molar-refractivity contribution in [3.05, 3.63) is 35.9 Å². The van der Waals surface area contributed by atoms with Gasteiger partial charge in [0.05, 0.1) is 0 Å². The van der Waals surface area contributed by atoms with E-state index < -0.39 is 12.0 Å². The maximum atomic E-state index is 11.1. The van der Waals surface area contributed by atoms with E-state index in [1.54, 1.807) is 0 Å². The molecule has 0 amide bonds. The minimum Gasteiger partial charge on any atom is -0.480 e. The predicted octanol–water partition coefficient (Wildman–Crippen LogP) is 2.81. The lowest BCUT2D eigenvalue weighted by molar-refractivity contribution is -0.139. The van der Waals surface area contributed by atoms with Crippen LogP contribution in [0.4, 0.5) is 0 Å². The van der Waals surface area contributed by atoms with E-state index >= 15 is 0 Å². The molecule has 0 saturated carbocycles. The van der Waals surface area contributed by atoms with Gasteiger partial charge in [0.25, 0.3) is 0 Å². The standard InChI is InChI=1S/C15H23NO2/c1-5-13(14(17)18)16-11(2)15(3,4)12-9-7-6-8-10-12/h6-11,13,16H,5H2,1-4H3,(H,17,18). The molecule has 100 valence electrons. The van der Waals surface area contributed by atoms with Crippen molar-refractivity contribution in [1.29, 1.82) is 0 Å². The Bertz CT molecular complexity index is 387. The maximum absolute atomic E-state index is 11.1. The van der Waals surface area contributed by atoms with Gasteiger partial charge in [-0.1, -0.05) is 51.1 Å². The van der Waals surface area contributed by atoms with Gasteiger partial charge in [-0.05, 0) is 18.9 Å². The molecule has 0 bridgehead atoms. The van der Waals surface area contributed by atoms with E-state index in [1.807, 2.05) is 32.0 Å². The Morgan fingerprint density at radius 3 is 2.33 bits per heavy atom. The van der Waals surface area contributed by atoms with Crippen LogP contribution in [0.1, 0.15) is 39.7 Å². The second kappa shape index (κ2) is 6.01. The number of hydrogen-bond acceptors (Lipinski definition) is 2. The lowest BCUT2D eigenvalue weighted by atomic mass is 9.78. The highest BCUT2D eigenvalue weighted by molar-refractivity contribution is 5.73. The Hall–Kier alpha value is -1.35. The van der Waals surface area contributed by atoms with Gasteiger partial charge < -0.3 is 10.4 Å². The van der Waals surface area contributed by atoms with Crippen molar-refractivity contribution in [1.82, 2.24) is 5.32 Å². The molecule has 2 atom stereocenters. The van der Waals surface area contributed by atoms with E-state index in [0.717, 1.165) is 0 Å². The van der Waals surface area contributed by atoms with Gasteiger partial charge in [-0.3, -0.25) is 4.79 Å². The Labute approximate surface area is 109 Å². The van der Waals surface area contributed by atoms with Crippen molar-refractivity contribution >= 4 is 5.97 Å². The van der Waals surface area contributed by atoms with Crippen molar-refractivity contribution in [2.45, 2.75) is 51.6 Å². The SMILES string of the molecule is CCC(NC(C)C(C)(C)c1ccccc1)C(=O)O. The minimum absolute atomic E-state index is 0.0842. The van der Waals surface area contributed by atoms with Crippen molar-refractivity contribution in [3.63, 3.8) is 0 Å². The fourth-order valence-electron chi connectivity index (χ4n) is 1.99. The highest BCUT2D eigenvalue weighted by atomic mass is 16.4. The first-order valence-electron chi connectivity index (χ1n) is 6.44. The molecule has 0 aliphatic carbocycles. The summed E-state index contributed by atoms with van der Waals surface area (Å²) in [5.74, 6) is -0.784. The van der Waals surface area contributed by atoms with Crippen LogP contribution in [0, 0.1) is 0 Å². The van der Waals surface area contributed by atoms with Crippen LogP contribution in [0.25, 0.3) is 0 Å². The van der Waals surface area contributed by atoms with E-state index in [1.165, 1.54) is 5.56 Å². The van der Waals surface area contributed by atoms with Gasteiger partial charge in [0, 0.05) is 11.5 Å². The quantitative estimate of drug-likeness (QED) is 0.815. The normalized spacial score (nSPS) is 15.1. The third kappa shape index (κ3) is 3.33. The molecule has 1 rings (SSSR count). The summed E-state index contributed by atoms with van der Waals surface area (Å²) in [6.45, 7) is 8.19. The molecule has 0 heterocycles. The average Bonchev–Trinajstić information content (AvgIpc) is 2.36. The number of benzene rings is 1. The van der Waals surface area contributed by atoms with E-state index in [9.17, 15) is 4.79 Å². The highest BCUT2D eigenvalue weighted by Gasteiger charge is 2.30. The second-order valence-electron chi connectivity index (χ2n) is 5.28. The highest BCUT2D eigenvalue weighted by Crippen LogP contribution is 2.27. The molecular weight excluding hydrogens is 226 g/mol. The summed E-state index contributed by atoms with van der Waals surface area (Å²) in [5, 5.41) is 12.3. The first kappa shape index (κ1) is 14.7. The third-order valence-corrected chi connectivity index (χ3v) is 3.76. The monoisotopic (exact) mass is 249 g/mol. The second-order valence-corrected chi connectivity index (χ2v) is 5.28. The smallest absolute Gasteiger partial charge is 0.320 e. The number of nitrogens with one attached hydrogen (secondary N) is 1. The van der Waals surface area contributed by atoms with Crippen LogP contribution in [-0.4, -0.2) is 23.2 Å². The zero-order valence-corrected chi connectivity index (χ0v) is 11.6. The molecule has 18 heavy (non-hydrogen) atoms. The van der Waals surface area contributed by atoms with Gasteiger partial charge in [-0.25, -0.2) is 0 Å². The fourth-order valence-corrected chi connectivity index (χ4v) is 1.99. The van der Waals surface area contributed by atoms with Gasteiger partial charge in [0.1, 0.15) is 6.04 Å². The lowest BCUT2D eigenvalue weighted by Gasteiger charge is -2.34. The molecule has 1 aromatic carbocycles. The third-order valence-electron chi connectivity index (χ3n) is 3.76. The van der Waals surface area contributed by atoms with E-state index in [-0.39, 0.29) is 11.5 Å². The van der Waals surface area contributed by atoms with Crippen molar-refractivity contribution in [3.8, 4) is 0 Å². The zero-order chi connectivity index (χ0) is 13.8. The molecule has 0 spiro atoms. The number of carbonyl (C=O) groups is 1. The molecular formula is C15H23NO2. The van der Waals surface area contributed by atoms with E-state index in [0.29, 0.717) is 6.42 Å². The molecule has 3 heteroatoms. The number of carboxylic acids is 1. The molecule has 0 aliphatic rings. The predicted molar refractivity (Wildman–Crippen MR) is 73.8 cm³/mol. The van der Waals surface area contributed by atoms with Crippen LogP contribution in [0.5, 0.6) is 0 Å². The van der Waals surface area contributed by atoms with Gasteiger partial charge in [-0.2, -0.15) is 0 Å². The molecule has 3 nitrogen and oxygen atoms in total. The largest absolute Gasteiger partial charge is 0.480 e. The number of carboxylic acid groups (broad SMARTS) is 1. The Morgan fingerprint density at radius 1 is 1.33 bits per heavy atom. The van der Waals surface area contributed by atoms with Gasteiger partial charge in [0.2, 0.25) is 0 Å². The fraction of sp³-hybridized carbons (Fsp3) is 0.533.